The van der Waals surface area contributed by atoms with Gasteiger partial charge in [-0.2, -0.15) is 0 Å². The first-order valence-corrected chi connectivity index (χ1v) is 9.36. The van der Waals surface area contributed by atoms with Crippen LogP contribution in [0.2, 0.25) is 0 Å². The molecule has 9 nitrogen and oxygen atoms in total. The van der Waals surface area contributed by atoms with Crippen LogP contribution in [0.3, 0.4) is 0 Å². The zero-order chi connectivity index (χ0) is 20.2. The molecule has 0 saturated carbocycles. The Labute approximate surface area is 157 Å². The fourth-order valence-electron chi connectivity index (χ4n) is 2.24. The Bertz CT molecular complexity index is 973. The number of rotatable bonds is 7. The van der Waals surface area contributed by atoms with Crippen molar-refractivity contribution < 1.29 is 18.1 Å². The molecule has 0 fully saturated rings. The maximum Gasteiger partial charge on any atom is 0.271 e. The first kappa shape index (κ1) is 20.3. The monoisotopic (exact) mass is 392 g/mol. The maximum absolute atomic E-state index is 12.2. The Morgan fingerprint density at radius 1 is 1.19 bits per heavy atom. The van der Waals surface area contributed by atoms with Gasteiger partial charge in [0, 0.05) is 37.6 Å². The molecule has 10 heteroatoms. The minimum Gasteiger partial charge on any atom is -0.376 e. The molecule has 0 aliphatic carbocycles. The Morgan fingerprint density at radius 3 is 2.52 bits per heavy atom. The molecule has 144 valence electrons. The molecule has 2 aromatic carbocycles. The molecular formula is C17H20N4O5S. The van der Waals surface area contributed by atoms with E-state index in [2.05, 4.69) is 10.6 Å². The average Bonchev–Trinajstić information content (AvgIpc) is 2.60. The van der Waals surface area contributed by atoms with Crippen molar-refractivity contribution in [2.45, 2.75) is 11.8 Å². The molecule has 0 aliphatic rings. The predicted octanol–water partition coefficient (Wildman–Crippen LogP) is 2.20. The van der Waals surface area contributed by atoms with E-state index in [1.807, 2.05) is 0 Å². The number of benzene rings is 2. The van der Waals surface area contributed by atoms with Crippen LogP contribution in [0.1, 0.15) is 5.56 Å². The Hall–Kier alpha value is -2.98. The van der Waals surface area contributed by atoms with Gasteiger partial charge in [-0.1, -0.05) is 12.1 Å². The van der Waals surface area contributed by atoms with Crippen LogP contribution in [-0.2, 0) is 14.8 Å². The molecule has 0 saturated heterocycles. The average molecular weight is 392 g/mol. The van der Waals surface area contributed by atoms with Gasteiger partial charge >= 0.3 is 0 Å². The summed E-state index contributed by atoms with van der Waals surface area (Å²) < 4.78 is 25.6. The molecule has 27 heavy (non-hydrogen) atoms. The third kappa shape index (κ3) is 5.02. The quantitative estimate of drug-likeness (QED) is 0.550. The lowest BCUT2D eigenvalue weighted by molar-refractivity contribution is -0.384. The maximum atomic E-state index is 12.2. The minimum atomic E-state index is -3.59. The molecule has 0 bridgehead atoms. The van der Waals surface area contributed by atoms with Crippen molar-refractivity contribution in [3.05, 3.63) is 58.1 Å². The first-order valence-electron chi connectivity index (χ1n) is 7.92. The van der Waals surface area contributed by atoms with Gasteiger partial charge in [0.1, 0.15) is 0 Å². The zero-order valence-corrected chi connectivity index (χ0v) is 15.9. The van der Waals surface area contributed by atoms with E-state index in [0.717, 1.165) is 9.87 Å². The van der Waals surface area contributed by atoms with Crippen molar-refractivity contribution in [1.82, 2.24) is 4.31 Å². The number of sulfonamides is 1. The predicted molar refractivity (Wildman–Crippen MR) is 102 cm³/mol. The summed E-state index contributed by atoms with van der Waals surface area (Å²) in [6, 6.07) is 10.2. The summed E-state index contributed by atoms with van der Waals surface area (Å²) in [7, 11) is -0.709. The van der Waals surface area contributed by atoms with Gasteiger partial charge in [-0.15, -0.1) is 0 Å². The molecule has 1 amide bonds. The fraction of sp³-hybridized carbons (Fsp3) is 0.235. The lowest BCUT2D eigenvalue weighted by Crippen LogP contribution is -2.24. The van der Waals surface area contributed by atoms with Crippen LogP contribution in [0.4, 0.5) is 17.1 Å². The summed E-state index contributed by atoms with van der Waals surface area (Å²) >= 11 is 0. The SMILES string of the molecule is Cc1ccc(S(=O)(=O)N(C)C)cc1NCC(=O)Nc1cccc([N+](=O)[O-])c1. The van der Waals surface area contributed by atoms with Crippen LogP contribution in [0.15, 0.2) is 47.4 Å². The molecule has 0 aliphatic heterocycles. The largest absolute Gasteiger partial charge is 0.376 e. The normalized spacial score (nSPS) is 11.3. The van der Waals surface area contributed by atoms with Crippen molar-refractivity contribution in [2.75, 3.05) is 31.3 Å². The van der Waals surface area contributed by atoms with Crippen LogP contribution in [0.5, 0.6) is 0 Å². The Kier molecular flexibility index (Phi) is 6.13. The van der Waals surface area contributed by atoms with E-state index in [4.69, 9.17) is 0 Å². The first-order chi connectivity index (χ1) is 12.6. The van der Waals surface area contributed by atoms with Crippen molar-refractivity contribution in [1.29, 1.82) is 0 Å². The second kappa shape index (κ2) is 8.14. The summed E-state index contributed by atoms with van der Waals surface area (Å²) in [6.07, 6.45) is 0. The zero-order valence-electron chi connectivity index (χ0n) is 15.1. The summed E-state index contributed by atoms with van der Waals surface area (Å²) in [5, 5.41) is 16.2. The van der Waals surface area contributed by atoms with Crippen LogP contribution in [0, 0.1) is 17.0 Å². The number of nitrogens with one attached hydrogen (secondary N) is 2. The molecule has 0 heterocycles. The van der Waals surface area contributed by atoms with Gasteiger partial charge in [0.05, 0.1) is 16.4 Å². The van der Waals surface area contributed by atoms with Crippen molar-refractivity contribution >= 4 is 33.0 Å². The molecule has 0 aromatic heterocycles. The highest BCUT2D eigenvalue weighted by Gasteiger charge is 2.18. The summed E-state index contributed by atoms with van der Waals surface area (Å²) in [5.41, 5.74) is 1.46. The van der Waals surface area contributed by atoms with Gasteiger partial charge in [0.2, 0.25) is 15.9 Å². The number of aryl methyl sites for hydroxylation is 1. The van der Waals surface area contributed by atoms with Crippen LogP contribution in [0.25, 0.3) is 0 Å². The Balaban J connectivity index is 2.09. The molecule has 0 unspecified atom stereocenters. The minimum absolute atomic E-state index is 0.111. The van der Waals surface area contributed by atoms with E-state index in [1.165, 1.54) is 44.4 Å². The van der Waals surface area contributed by atoms with E-state index < -0.39 is 20.9 Å². The van der Waals surface area contributed by atoms with Gasteiger partial charge in [0.15, 0.2) is 0 Å². The Morgan fingerprint density at radius 2 is 1.89 bits per heavy atom. The van der Waals surface area contributed by atoms with Gasteiger partial charge in [-0.05, 0) is 30.7 Å². The van der Waals surface area contributed by atoms with E-state index >= 15 is 0 Å². The van der Waals surface area contributed by atoms with Crippen LogP contribution >= 0.6 is 0 Å². The number of nitro groups is 1. The van der Waals surface area contributed by atoms with E-state index in [-0.39, 0.29) is 17.1 Å². The third-order valence-corrected chi connectivity index (χ3v) is 5.58. The standard InChI is InChI=1S/C17H20N4O5S/c1-12-7-8-15(27(25,26)20(2)3)10-16(12)18-11-17(22)19-13-5-4-6-14(9-13)21(23)24/h4-10,18H,11H2,1-3H3,(H,19,22). The smallest absolute Gasteiger partial charge is 0.271 e. The topological polar surface area (TPSA) is 122 Å². The van der Waals surface area contributed by atoms with Crippen molar-refractivity contribution in [3.8, 4) is 0 Å². The number of anilines is 2. The number of nitro benzene ring substituents is 1. The number of nitrogens with zero attached hydrogens (tertiary/aromatic N) is 2. The number of hydrogen-bond donors (Lipinski definition) is 2. The summed E-state index contributed by atoms with van der Waals surface area (Å²) in [4.78, 5) is 22.4. The van der Waals surface area contributed by atoms with Gasteiger partial charge in [-0.3, -0.25) is 14.9 Å². The van der Waals surface area contributed by atoms with E-state index in [9.17, 15) is 23.3 Å². The second-order valence-electron chi connectivity index (χ2n) is 5.97. The highest BCUT2D eigenvalue weighted by molar-refractivity contribution is 7.89. The number of carbonyl (C=O) groups is 1. The molecule has 2 aromatic rings. The number of amides is 1. The van der Waals surface area contributed by atoms with E-state index in [1.54, 1.807) is 19.1 Å². The third-order valence-electron chi connectivity index (χ3n) is 3.77. The van der Waals surface area contributed by atoms with Gasteiger partial charge in [0.25, 0.3) is 5.69 Å². The summed E-state index contributed by atoms with van der Waals surface area (Å²) in [6.45, 7) is 1.65. The van der Waals surface area contributed by atoms with Crippen molar-refractivity contribution in [3.63, 3.8) is 0 Å². The molecule has 0 radical (unpaired) electrons. The molecule has 0 atom stereocenters. The second-order valence-corrected chi connectivity index (χ2v) is 8.13. The molecule has 0 spiro atoms. The lowest BCUT2D eigenvalue weighted by Gasteiger charge is -2.15. The number of carbonyl (C=O) groups excluding carboxylic acids is 1. The number of hydrogen-bond acceptors (Lipinski definition) is 6. The molecule has 2 rings (SSSR count). The highest BCUT2D eigenvalue weighted by Crippen LogP contribution is 2.22. The van der Waals surface area contributed by atoms with E-state index in [0.29, 0.717) is 11.4 Å². The molecule has 2 N–H and O–H groups in total. The van der Waals surface area contributed by atoms with Gasteiger partial charge in [-0.25, -0.2) is 12.7 Å². The van der Waals surface area contributed by atoms with Crippen LogP contribution < -0.4 is 10.6 Å². The van der Waals surface area contributed by atoms with Gasteiger partial charge < -0.3 is 10.6 Å². The van der Waals surface area contributed by atoms with Crippen molar-refractivity contribution in [2.24, 2.45) is 0 Å². The lowest BCUT2D eigenvalue weighted by atomic mass is 10.2. The highest BCUT2D eigenvalue weighted by atomic mass is 32.2. The summed E-state index contributed by atoms with van der Waals surface area (Å²) in [5.74, 6) is -0.421. The molecular weight excluding hydrogens is 372 g/mol. The van der Waals surface area contributed by atoms with Crippen LogP contribution in [-0.4, -0.2) is 44.2 Å². The number of non-ortho nitro benzene ring substituents is 1. The fourth-order valence-corrected chi connectivity index (χ4v) is 3.17.